The molecule has 0 spiro atoms. The highest BCUT2D eigenvalue weighted by molar-refractivity contribution is 9.10. The highest BCUT2D eigenvalue weighted by atomic mass is 79.9. The highest BCUT2D eigenvalue weighted by Crippen LogP contribution is 2.27. The lowest BCUT2D eigenvalue weighted by molar-refractivity contribution is 0.0942. The average molecular weight is 353 g/mol. The van der Waals surface area contributed by atoms with Crippen LogP contribution in [0, 0.1) is 5.92 Å². The number of rotatable bonds is 4. The van der Waals surface area contributed by atoms with Crippen LogP contribution < -0.4 is 5.32 Å². The monoisotopic (exact) mass is 352 g/mol. The van der Waals surface area contributed by atoms with E-state index in [9.17, 15) is 4.79 Å². The highest BCUT2D eigenvalue weighted by Gasteiger charge is 2.26. The summed E-state index contributed by atoms with van der Waals surface area (Å²) < 4.78 is 7.98. The number of carbonyl (C=O) groups is 1. The number of fused-ring (bicyclic) bond motifs is 1. The van der Waals surface area contributed by atoms with E-state index < -0.39 is 0 Å². The van der Waals surface area contributed by atoms with E-state index in [1.165, 1.54) is 0 Å². The summed E-state index contributed by atoms with van der Waals surface area (Å²) in [5.41, 5.74) is 1.42. The minimum atomic E-state index is -0.166. The van der Waals surface area contributed by atoms with E-state index in [0.29, 0.717) is 24.7 Å². The van der Waals surface area contributed by atoms with E-state index in [2.05, 4.69) is 38.4 Å². The molecule has 0 radical (unpaired) electrons. The van der Waals surface area contributed by atoms with Crippen molar-refractivity contribution in [2.24, 2.45) is 5.92 Å². The van der Waals surface area contributed by atoms with Gasteiger partial charge in [0.2, 0.25) is 0 Å². The number of hydrogen-bond acceptors (Lipinski definition) is 4. The zero-order chi connectivity index (χ0) is 14.8. The molecule has 0 unspecified atom stereocenters. The molecule has 1 aliphatic carbocycles. The van der Waals surface area contributed by atoms with Crippen molar-refractivity contribution in [3.8, 4) is 0 Å². The number of hydrogen-bond donors (Lipinski definition) is 1. The number of carbonyl (C=O) groups excluding carboxylic acids is 1. The number of amides is 1. The van der Waals surface area contributed by atoms with Gasteiger partial charge in [0.05, 0.1) is 17.2 Å². The minimum Gasteiger partial charge on any atom is -0.360 e. The maximum Gasteiger partial charge on any atom is 0.273 e. The molecule has 0 fully saturated rings. The molecule has 0 saturated carbocycles. The fourth-order valence-electron chi connectivity index (χ4n) is 2.58. The molecule has 2 heterocycles. The van der Waals surface area contributed by atoms with Crippen LogP contribution in [0.4, 0.5) is 0 Å². The topological polar surface area (TPSA) is 73.0 Å². The summed E-state index contributed by atoms with van der Waals surface area (Å²) in [6.07, 6.45) is 6.42. The van der Waals surface area contributed by atoms with Gasteiger partial charge in [0.25, 0.3) is 5.91 Å². The van der Waals surface area contributed by atoms with E-state index in [4.69, 9.17) is 4.52 Å². The predicted octanol–water partition coefficient (Wildman–Crippen LogP) is 2.19. The van der Waals surface area contributed by atoms with Crippen LogP contribution in [0.2, 0.25) is 0 Å². The number of nitrogens with one attached hydrogen (secondary N) is 1. The first kappa shape index (κ1) is 14.3. The Labute approximate surface area is 131 Å². The van der Waals surface area contributed by atoms with Crippen molar-refractivity contribution in [1.29, 1.82) is 0 Å². The van der Waals surface area contributed by atoms with Crippen molar-refractivity contribution in [3.05, 3.63) is 33.9 Å². The van der Waals surface area contributed by atoms with Crippen LogP contribution in [0.15, 0.2) is 21.4 Å². The van der Waals surface area contributed by atoms with Gasteiger partial charge in [-0.25, -0.2) is 0 Å². The summed E-state index contributed by atoms with van der Waals surface area (Å²) >= 11 is 3.34. The fraction of sp³-hybridized carbons (Fsp3) is 0.500. The van der Waals surface area contributed by atoms with Gasteiger partial charge in [0.1, 0.15) is 5.76 Å². The third-order valence-electron chi connectivity index (χ3n) is 3.73. The molecule has 1 atom stereocenters. The smallest absolute Gasteiger partial charge is 0.273 e. The van der Waals surface area contributed by atoms with Crippen LogP contribution >= 0.6 is 15.9 Å². The molecule has 21 heavy (non-hydrogen) atoms. The maximum absolute atomic E-state index is 12.2. The summed E-state index contributed by atoms with van der Waals surface area (Å²) in [5.74, 6) is 1.28. The lowest BCUT2D eigenvalue weighted by Crippen LogP contribution is -2.29. The van der Waals surface area contributed by atoms with Gasteiger partial charge in [-0.2, -0.15) is 5.10 Å². The molecule has 3 rings (SSSR count). The standard InChI is InChI=1S/C14H17BrN4O2/c1-9-2-3-12-11(6-9)13(18-21-12)14(20)16-4-5-19-8-10(15)7-17-19/h7-9H,2-6H2,1H3,(H,16,20)/t9-/m0/s1. The van der Waals surface area contributed by atoms with Gasteiger partial charge in [0.15, 0.2) is 5.69 Å². The Balaban J connectivity index is 1.60. The van der Waals surface area contributed by atoms with Gasteiger partial charge in [-0.3, -0.25) is 9.48 Å². The lowest BCUT2D eigenvalue weighted by atomic mass is 9.88. The van der Waals surface area contributed by atoms with Gasteiger partial charge < -0.3 is 9.84 Å². The van der Waals surface area contributed by atoms with Crippen molar-refractivity contribution in [3.63, 3.8) is 0 Å². The van der Waals surface area contributed by atoms with Crippen molar-refractivity contribution >= 4 is 21.8 Å². The maximum atomic E-state index is 12.2. The van der Waals surface area contributed by atoms with E-state index in [1.54, 1.807) is 10.9 Å². The van der Waals surface area contributed by atoms with Gasteiger partial charge in [-0.05, 0) is 34.7 Å². The Morgan fingerprint density at radius 3 is 3.24 bits per heavy atom. The SMILES string of the molecule is C[C@H]1CCc2onc(C(=O)NCCn3cc(Br)cn3)c2C1. The molecule has 0 aliphatic heterocycles. The normalized spacial score (nSPS) is 17.5. The van der Waals surface area contributed by atoms with Gasteiger partial charge in [-0.1, -0.05) is 12.1 Å². The zero-order valence-electron chi connectivity index (χ0n) is 11.8. The van der Waals surface area contributed by atoms with Gasteiger partial charge in [0, 0.05) is 24.7 Å². The molecule has 112 valence electrons. The Morgan fingerprint density at radius 2 is 2.48 bits per heavy atom. The molecule has 6 nitrogen and oxygen atoms in total. The van der Waals surface area contributed by atoms with Crippen LogP contribution in [0.25, 0.3) is 0 Å². The second-order valence-corrected chi connectivity index (χ2v) is 6.37. The Kier molecular flexibility index (Phi) is 4.10. The van der Waals surface area contributed by atoms with Crippen molar-refractivity contribution in [2.75, 3.05) is 6.54 Å². The average Bonchev–Trinajstić information content (AvgIpc) is 3.04. The molecule has 0 bridgehead atoms. The zero-order valence-corrected chi connectivity index (χ0v) is 13.4. The molecular formula is C14H17BrN4O2. The number of halogens is 1. The van der Waals surface area contributed by atoms with Crippen molar-refractivity contribution in [1.82, 2.24) is 20.3 Å². The first-order chi connectivity index (χ1) is 10.1. The lowest BCUT2D eigenvalue weighted by Gasteiger charge is -2.16. The first-order valence-corrected chi connectivity index (χ1v) is 7.86. The Hall–Kier alpha value is -1.63. The summed E-state index contributed by atoms with van der Waals surface area (Å²) in [5, 5.41) is 11.0. The summed E-state index contributed by atoms with van der Waals surface area (Å²) in [7, 11) is 0. The van der Waals surface area contributed by atoms with Gasteiger partial charge in [-0.15, -0.1) is 0 Å². The van der Waals surface area contributed by atoms with Gasteiger partial charge >= 0.3 is 0 Å². The second-order valence-electron chi connectivity index (χ2n) is 5.46. The van der Waals surface area contributed by atoms with E-state index >= 15 is 0 Å². The van der Waals surface area contributed by atoms with Crippen LogP contribution in [0.5, 0.6) is 0 Å². The number of nitrogens with zero attached hydrogens (tertiary/aromatic N) is 3. The molecule has 7 heteroatoms. The molecule has 2 aromatic rings. The van der Waals surface area contributed by atoms with Crippen LogP contribution in [0.3, 0.4) is 0 Å². The molecule has 0 aromatic carbocycles. The van der Waals surface area contributed by atoms with Crippen molar-refractivity contribution < 1.29 is 9.32 Å². The Morgan fingerprint density at radius 1 is 1.62 bits per heavy atom. The molecule has 0 saturated heterocycles. The first-order valence-electron chi connectivity index (χ1n) is 7.07. The quantitative estimate of drug-likeness (QED) is 0.915. The number of aryl methyl sites for hydroxylation is 1. The minimum absolute atomic E-state index is 0.166. The predicted molar refractivity (Wildman–Crippen MR) is 80.0 cm³/mol. The summed E-state index contributed by atoms with van der Waals surface area (Å²) in [4.78, 5) is 12.2. The molecular weight excluding hydrogens is 336 g/mol. The van der Waals surface area contributed by atoms with Crippen LogP contribution in [0.1, 0.15) is 35.2 Å². The molecule has 2 aromatic heterocycles. The summed E-state index contributed by atoms with van der Waals surface area (Å²) in [6.45, 7) is 3.31. The number of aromatic nitrogens is 3. The fourth-order valence-corrected chi connectivity index (χ4v) is 2.91. The second kappa shape index (κ2) is 6.01. The molecule has 1 amide bonds. The van der Waals surface area contributed by atoms with Crippen LogP contribution in [-0.4, -0.2) is 27.4 Å². The third-order valence-corrected chi connectivity index (χ3v) is 4.14. The third kappa shape index (κ3) is 3.18. The van der Waals surface area contributed by atoms with E-state index in [1.807, 2.05) is 6.20 Å². The summed E-state index contributed by atoms with van der Waals surface area (Å²) in [6, 6.07) is 0. The van der Waals surface area contributed by atoms with Crippen LogP contribution in [-0.2, 0) is 19.4 Å². The molecule has 1 N–H and O–H groups in total. The Bertz CT molecular complexity index is 649. The van der Waals surface area contributed by atoms with E-state index in [-0.39, 0.29) is 5.91 Å². The van der Waals surface area contributed by atoms with Crippen molar-refractivity contribution in [2.45, 2.75) is 32.7 Å². The largest absolute Gasteiger partial charge is 0.360 e. The van der Waals surface area contributed by atoms with E-state index in [0.717, 1.165) is 35.1 Å². The molecule has 1 aliphatic rings.